The zero-order valence-corrected chi connectivity index (χ0v) is 17.0. The highest BCUT2D eigenvalue weighted by Crippen LogP contribution is 2.14. The van der Waals surface area contributed by atoms with Gasteiger partial charge in [0.15, 0.2) is 0 Å². The van der Waals surface area contributed by atoms with Crippen molar-refractivity contribution in [2.24, 2.45) is 0 Å². The number of aromatic carboxylic acids is 4. The minimum atomic E-state index is -1.38. The van der Waals surface area contributed by atoms with Crippen LogP contribution in [-0.2, 0) is 11.4 Å². The third-order valence-corrected chi connectivity index (χ3v) is 4.40. The number of carbonyl (C=O) groups excluding carboxylic acids is 1. The van der Waals surface area contributed by atoms with Crippen molar-refractivity contribution in [3.63, 3.8) is 0 Å². The molecule has 12 nitrogen and oxygen atoms in total. The van der Waals surface area contributed by atoms with Gasteiger partial charge in [-0.25, -0.2) is 24.7 Å². The van der Waals surface area contributed by atoms with E-state index in [0.717, 1.165) is 18.2 Å². The van der Waals surface area contributed by atoms with Gasteiger partial charge in [-0.3, -0.25) is 9.63 Å². The summed E-state index contributed by atoms with van der Waals surface area (Å²) in [4.78, 5) is 62.1. The molecule has 0 fully saturated rings. The molecule has 174 valence electrons. The first kappa shape index (κ1) is 25.0. The molecule has 0 aromatic heterocycles. The number of rotatable bonds is 12. The molecule has 0 unspecified atom stereocenters. The molecule has 0 atom stereocenters. The van der Waals surface area contributed by atoms with Gasteiger partial charge in [-0.15, -0.1) is 0 Å². The molecule has 0 aliphatic carbocycles. The molecule has 0 spiro atoms. The monoisotopic (exact) mass is 460 g/mol. The molecule has 6 N–H and O–H groups in total. The van der Waals surface area contributed by atoms with E-state index in [1.54, 1.807) is 0 Å². The van der Waals surface area contributed by atoms with Gasteiger partial charge in [-0.1, -0.05) is 0 Å². The highest BCUT2D eigenvalue weighted by Gasteiger charge is 2.19. The van der Waals surface area contributed by atoms with Crippen LogP contribution in [0.1, 0.15) is 63.8 Å². The van der Waals surface area contributed by atoms with E-state index in [2.05, 4.69) is 10.8 Å². The lowest BCUT2D eigenvalue weighted by molar-refractivity contribution is 0.0266. The maximum absolute atomic E-state index is 12.3. The Morgan fingerprint density at radius 1 is 0.697 bits per heavy atom. The molecular weight excluding hydrogens is 440 g/mol. The maximum atomic E-state index is 12.3. The number of carboxylic acids is 4. The number of hydroxylamine groups is 1. The first-order valence-corrected chi connectivity index (χ1v) is 9.44. The summed E-state index contributed by atoms with van der Waals surface area (Å²) < 4.78 is 0. The lowest BCUT2D eigenvalue weighted by atomic mass is 10.0. The third-order valence-electron chi connectivity index (χ3n) is 4.40. The van der Waals surface area contributed by atoms with Crippen molar-refractivity contribution in [2.45, 2.75) is 13.0 Å². The molecular formula is C21H20N2O10. The second-order valence-corrected chi connectivity index (χ2v) is 6.65. The summed E-state index contributed by atoms with van der Waals surface area (Å²) in [5.74, 6) is -5.88. The predicted molar refractivity (Wildman–Crippen MR) is 110 cm³/mol. The van der Waals surface area contributed by atoms with Gasteiger partial charge in [0.25, 0.3) is 5.91 Å². The molecule has 2 aromatic carbocycles. The number of carboxylic acid groups (broad SMARTS) is 4. The van der Waals surface area contributed by atoms with Crippen LogP contribution in [0, 0.1) is 0 Å². The van der Waals surface area contributed by atoms with Gasteiger partial charge >= 0.3 is 23.9 Å². The zero-order chi connectivity index (χ0) is 24.5. The Hall–Kier alpha value is -4.29. The van der Waals surface area contributed by atoms with Crippen LogP contribution in [0.2, 0.25) is 0 Å². The minimum Gasteiger partial charge on any atom is -0.478 e. The van der Waals surface area contributed by atoms with E-state index in [0.29, 0.717) is 6.42 Å². The SMILES string of the molecule is O=C(O)c1ccc(C(=O)O)c(CONCCCNC(=O)c2cc(C(=O)O)ccc2C(=O)O)c1. The van der Waals surface area contributed by atoms with E-state index in [4.69, 9.17) is 15.1 Å². The predicted octanol–water partition coefficient (Wildman–Crippen LogP) is 1.32. The number of nitrogens with one attached hydrogen (secondary N) is 2. The molecule has 0 saturated heterocycles. The van der Waals surface area contributed by atoms with Crippen LogP contribution >= 0.6 is 0 Å². The van der Waals surface area contributed by atoms with Crippen LogP contribution in [0.25, 0.3) is 0 Å². The van der Waals surface area contributed by atoms with Gasteiger partial charge in [0.1, 0.15) is 0 Å². The second-order valence-electron chi connectivity index (χ2n) is 6.65. The molecule has 0 aliphatic rings. The van der Waals surface area contributed by atoms with Crippen molar-refractivity contribution in [3.8, 4) is 0 Å². The second kappa shape index (κ2) is 11.4. The number of hydrogen-bond acceptors (Lipinski definition) is 7. The Morgan fingerprint density at radius 2 is 1.27 bits per heavy atom. The fraction of sp³-hybridized carbons (Fsp3) is 0.190. The Morgan fingerprint density at radius 3 is 1.85 bits per heavy atom. The molecule has 0 bridgehead atoms. The van der Waals surface area contributed by atoms with E-state index < -0.39 is 29.8 Å². The van der Waals surface area contributed by atoms with Crippen molar-refractivity contribution in [1.82, 2.24) is 10.8 Å². The largest absolute Gasteiger partial charge is 0.478 e. The Labute approximate surface area is 186 Å². The zero-order valence-electron chi connectivity index (χ0n) is 17.0. The lowest BCUT2D eigenvalue weighted by Crippen LogP contribution is -2.29. The number of benzene rings is 2. The van der Waals surface area contributed by atoms with E-state index in [9.17, 15) is 34.2 Å². The first-order valence-electron chi connectivity index (χ1n) is 9.44. The third kappa shape index (κ3) is 6.85. The molecule has 2 aromatic rings. The smallest absolute Gasteiger partial charge is 0.336 e. The molecule has 0 aliphatic heterocycles. The first-order chi connectivity index (χ1) is 15.6. The number of carbonyl (C=O) groups is 5. The van der Waals surface area contributed by atoms with Gasteiger partial charge in [-0.2, -0.15) is 0 Å². The van der Waals surface area contributed by atoms with Crippen molar-refractivity contribution < 1.29 is 49.2 Å². The van der Waals surface area contributed by atoms with Crippen molar-refractivity contribution in [1.29, 1.82) is 0 Å². The molecule has 12 heteroatoms. The molecule has 0 radical (unpaired) electrons. The van der Waals surface area contributed by atoms with Crippen LogP contribution in [0.3, 0.4) is 0 Å². The summed E-state index contributed by atoms with van der Waals surface area (Å²) in [6.45, 7) is 0.0851. The summed E-state index contributed by atoms with van der Waals surface area (Å²) in [5.41, 5.74) is 1.66. The highest BCUT2D eigenvalue weighted by atomic mass is 16.6. The average molecular weight is 460 g/mol. The molecule has 2 rings (SSSR count). The Balaban J connectivity index is 1.85. The standard InChI is InChI=1S/C21H20N2O10/c24-17(16-9-12(19(27)28)3-5-15(16)21(31)32)22-6-1-7-23-33-10-13-8-11(18(25)26)2-4-14(13)20(29)30/h2-5,8-9,23H,1,6-7,10H2,(H,22,24)(H,25,26)(H,27,28)(H,29,30)(H,31,32). The topological polar surface area (TPSA) is 200 Å². The van der Waals surface area contributed by atoms with Gasteiger partial charge < -0.3 is 25.7 Å². The summed E-state index contributed by atoms with van der Waals surface area (Å²) >= 11 is 0. The summed E-state index contributed by atoms with van der Waals surface area (Å²) in [6.07, 6.45) is 0.327. The maximum Gasteiger partial charge on any atom is 0.336 e. The van der Waals surface area contributed by atoms with Crippen molar-refractivity contribution in [2.75, 3.05) is 13.1 Å². The normalized spacial score (nSPS) is 10.4. The Bertz CT molecular complexity index is 1100. The summed E-state index contributed by atoms with van der Waals surface area (Å²) in [6, 6.07) is 6.65. The Kier molecular flexibility index (Phi) is 8.60. The van der Waals surface area contributed by atoms with Gasteiger partial charge in [0.05, 0.1) is 34.4 Å². The van der Waals surface area contributed by atoms with E-state index >= 15 is 0 Å². The van der Waals surface area contributed by atoms with Gasteiger partial charge in [0.2, 0.25) is 0 Å². The molecule has 33 heavy (non-hydrogen) atoms. The number of amides is 1. The van der Waals surface area contributed by atoms with Crippen molar-refractivity contribution in [3.05, 3.63) is 69.8 Å². The highest BCUT2D eigenvalue weighted by molar-refractivity contribution is 6.06. The van der Waals surface area contributed by atoms with Crippen LogP contribution < -0.4 is 10.8 Å². The molecule has 0 saturated carbocycles. The number of hydrogen-bond donors (Lipinski definition) is 6. The lowest BCUT2D eigenvalue weighted by Gasteiger charge is -2.11. The molecule has 0 heterocycles. The van der Waals surface area contributed by atoms with Crippen LogP contribution in [0.4, 0.5) is 0 Å². The van der Waals surface area contributed by atoms with Gasteiger partial charge in [0, 0.05) is 13.1 Å². The fourth-order valence-electron chi connectivity index (χ4n) is 2.77. The van der Waals surface area contributed by atoms with E-state index in [1.807, 2.05) is 0 Å². The summed E-state index contributed by atoms with van der Waals surface area (Å²) in [7, 11) is 0. The van der Waals surface area contributed by atoms with Crippen LogP contribution in [0.15, 0.2) is 36.4 Å². The van der Waals surface area contributed by atoms with Gasteiger partial charge in [-0.05, 0) is 48.4 Å². The quantitative estimate of drug-likeness (QED) is 0.197. The van der Waals surface area contributed by atoms with Crippen LogP contribution in [-0.4, -0.2) is 63.3 Å². The summed E-state index contributed by atoms with van der Waals surface area (Å²) in [5, 5.41) is 38.9. The average Bonchev–Trinajstić information content (AvgIpc) is 2.77. The molecule has 1 amide bonds. The van der Waals surface area contributed by atoms with Crippen molar-refractivity contribution >= 4 is 29.8 Å². The van der Waals surface area contributed by atoms with E-state index in [-0.39, 0.29) is 53.1 Å². The van der Waals surface area contributed by atoms with E-state index in [1.165, 1.54) is 18.2 Å². The fourth-order valence-corrected chi connectivity index (χ4v) is 2.77. The van der Waals surface area contributed by atoms with Crippen LogP contribution in [0.5, 0.6) is 0 Å². The minimum absolute atomic E-state index is 0.0889.